The lowest BCUT2D eigenvalue weighted by atomic mass is 9.79. The summed E-state index contributed by atoms with van der Waals surface area (Å²) in [6, 6.07) is 0. The zero-order valence-electron chi connectivity index (χ0n) is 7.92. The Bertz CT molecular complexity index is 224. The largest absolute Gasteiger partial charge is 0.478 e. The van der Waals surface area contributed by atoms with Gasteiger partial charge < -0.3 is 10.2 Å². The highest BCUT2D eigenvalue weighted by Gasteiger charge is 2.36. The molecule has 0 saturated heterocycles. The molecule has 1 aliphatic rings. The van der Waals surface area contributed by atoms with Crippen molar-refractivity contribution in [2.24, 2.45) is 0 Å². The maximum Gasteiger partial charge on any atom is 0.334 e. The van der Waals surface area contributed by atoms with Gasteiger partial charge in [0.15, 0.2) is 0 Å². The molecule has 0 heterocycles. The summed E-state index contributed by atoms with van der Waals surface area (Å²) < 4.78 is 0. The maximum absolute atomic E-state index is 10.8. The number of carbonyl (C=O) groups is 1. The number of carboxylic acids is 1. The van der Waals surface area contributed by atoms with Crippen LogP contribution in [0.15, 0.2) is 11.6 Å². The van der Waals surface area contributed by atoms with E-state index in [2.05, 4.69) is 0 Å². The average Bonchev–Trinajstić information content (AvgIpc) is 2.05. The van der Waals surface area contributed by atoms with Crippen molar-refractivity contribution in [3.8, 4) is 0 Å². The predicted octanol–water partition coefficient (Wildman–Crippen LogP) is 1.71. The summed E-state index contributed by atoms with van der Waals surface area (Å²) in [7, 11) is 0. The molecule has 2 N–H and O–H groups in total. The zero-order chi connectivity index (χ0) is 9.90. The molecule has 0 unspecified atom stereocenters. The minimum absolute atomic E-state index is 0.159. The molecule has 3 heteroatoms. The fourth-order valence-corrected chi connectivity index (χ4v) is 2.00. The van der Waals surface area contributed by atoms with Crippen molar-refractivity contribution in [1.82, 2.24) is 0 Å². The Hall–Kier alpha value is -0.830. The van der Waals surface area contributed by atoms with Crippen LogP contribution in [-0.4, -0.2) is 21.8 Å². The van der Waals surface area contributed by atoms with Crippen LogP contribution in [0.1, 0.15) is 39.0 Å². The second-order valence-corrected chi connectivity index (χ2v) is 3.60. The third-order valence-electron chi connectivity index (χ3n) is 2.70. The van der Waals surface area contributed by atoms with E-state index in [1.807, 2.05) is 0 Å². The van der Waals surface area contributed by atoms with Crippen LogP contribution in [0.3, 0.4) is 0 Å². The highest BCUT2D eigenvalue weighted by molar-refractivity contribution is 5.88. The fraction of sp³-hybridized carbons (Fsp3) is 0.700. The standard InChI is InChI=1S/C10H16O3/c1-2-8(9(11)12)10(13)6-4-3-5-7-10/h2,13H,3-7H2,1H3,(H,11,12). The first-order valence-corrected chi connectivity index (χ1v) is 4.72. The Morgan fingerprint density at radius 2 is 1.85 bits per heavy atom. The monoisotopic (exact) mass is 184 g/mol. The molecule has 1 saturated carbocycles. The van der Waals surface area contributed by atoms with E-state index in [1.165, 1.54) is 6.08 Å². The van der Waals surface area contributed by atoms with Gasteiger partial charge in [-0.25, -0.2) is 4.79 Å². The summed E-state index contributed by atoms with van der Waals surface area (Å²) in [6.07, 6.45) is 5.60. The summed E-state index contributed by atoms with van der Waals surface area (Å²) >= 11 is 0. The molecule has 13 heavy (non-hydrogen) atoms. The van der Waals surface area contributed by atoms with E-state index in [-0.39, 0.29) is 5.57 Å². The Kier molecular flexibility index (Phi) is 3.09. The van der Waals surface area contributed by atoms with Gasteiger partial charge in [0, 0.05) is 0 Å². The highest BCUT2D eigenvalue weighted by atomic mass is 16.4. The summed E-state index contributed by atoms with van der Waals surface area (Å²) in [5.74, 6) is -0.994. The number of aliphatic carboxylic acids is 1. The van der Waals surface area contributed by atoms with Crippen molar-refractivity contribution in [2.45, 2.75) is 44.6 Å². The first-order chi connectivity index (χ1) is 6.10. The van der Waals surface area contributed by atoms with E-state index in [1.54, 1.807) is 6.92 Å². The maximum atomic E-state index is 10.8. The van der Waals surface area contributed by atoms with E-state index in [0.29, 0.717) is 12.8 Å². The molecule has 3 nitrogen and oxygen atoms in total. The summed E-state index contributed by atoms with van der Waals surface area (Å²) in [6.45, 7) is 1.66. The SMILES string of the molecule is CC=C(C(=O)O)C1(O)CCCCC1. The van der Waals surface area contributed by atoms with Crippen molar-refractivity contribution in [3.05, 3.63) is 11.6 Å². The molecule has 1 fully saturated rings. The van der Waals surface area contributed by atoms with Crippen LogP contribution in [0.5, 0.6) is 0 Å². The molecule has 0 atom stereocenters. The summed E-state index contributed by atoms with van der Waals surface area (Å²) in [5, 5.41) is 18.9. The number of rotatable bonds is 2. The molecule has 0 aromatic rings. The number of hydrogen-bond donors (Lipinski definition) is 2. The van der Waals surface area contributed by atoms with Gasteiger partial charge in [-0.15, -0.1) is 0 Å². The molecule has 74 valence electrons. The molecule has 0 aliphatic heterocycles. The molecule has 0 aromatic heterocycles. The van der Waals surface area contributed by atoms with E-state index in [9.17, 15) is 9.90 Å². The van der Waals surface area contributed by atoms with Crippen LogP contribution < -0.4 is 0 Å². The van der Waals surface area contributed by atoms with E-state index < -0.39 is 11.6 Å². The second-order valence-electron chi connectivity index (χ2n) is 3.60. The molecular weight excluding hydrogens is 168 g/mol. The second kappa shape index (κ2) is 3.92. The van der Waals surface area contributed by atoms with Gasteiger partial charge in [-0.1, -0.05) is 25.3 Å². The van der Waals surface area contributed by atoms with Gasteiger partial charge in [0.1, 0.15) is 0 Å². The van der Waals surface area contributed by atoms with Crippen LogP contribution in [-0.2, 0) is 4.79 Å². The van der Waals surface area contributed by atoms with Gasteiger partial charge in [-0.05, 0) is 19.8 Å². The predicted molar refractivity (Wildman–Crippen MR) is 49.4 cm³/mol. The highest BCUT2D eigenvalue weighted by Crippen LogP contribution is 2.34. The molecule has 0 bridgehead atoms. The van der Waals surface area contributed by atoms with Crippen LogP contribution in [0.4, 0.5) is 0 Å². The van der Waals surface area contributed by atoms with Gasteiger partial charge in [0.2, 0.25) is 0 Å². The van der Waals surface area contributed by atoms with Crippen molar-refractivity contribution in [1.29, 1.82) is 0 Å². The molecule has 0 amide bonds. The van der Waals surface area contributed by atoms with Gasteiger partial charge in [0.05, 0.1) is 11.2 Å². The fourth-order valence-electron chi connectivity index (χ4n) is 2.00. The number of allylic oxidation sites excluding steroid dienone is 1. The molecule has 0 aromatic carbocycles. The van der Waals surface area contributed by atoms with Crippen LogP contribution in [0.2, 0.25) is 0 Å². The van der Waals surface area contributed by atoms with Crippen molar-refractivity contribution in [2.75, 3.05) is 0 Å². The first-order valence-electron chi connectivity index (χ1n) is 4.72. The summed E-state index contributed by atoms with van der Waals surface area (Å²) in [5.41, 5.74) is -0.911. The molecular formula is C10H16O3. The average molecular weight is 184 g/mol. The Morgan fingerprint density at radius 1 is 1.31 bits per heavy atom. The Labute approximate surface area is 78.1 Å². The van der Waals surface area contributed by atoms with Gasteiger partial charge >= 0.3 is 5.97 Å². The van der Waals surface area contributed by atoms with Crippen LogP contribution >= 0.6 is 0 Å². The van der Waals surface area contributed by atoms with Crippen LogP contribution in [0.25, 0.3) is 0 Å². The van der Waals surface area contributed by atoms with Gasteiger partial charge in [-0.2, -0.15) is 0 Å². The third kappa shape index (κ3) is 2.10. The molecule has 0 radical (unpaired) electrons. The molecule has 1 aliphatic carbocycles. The van der Waals surface area contributed by atoms with Crippen molar-refractivity contribution in [3.63, 3.8) is 0 Å². The quantitative estimate of drug-likeness (QED) is 0.642. The normalized spacial score (nSPS) is 22.8. The first kappa shape index (κ1) is 10.3. The summed E-state index contributed by atoms with van der Waals surface area (Å²) in [4.78, 5) is 10.8. The lowest BCUT2D eigenvalue weighted by Crippen LogP contribution is -2.36. The number of aliphatic hydroxyl groups is 1. The lowest BCUT2D eigenvalue weighted by Gasteiger charge is -2.32. The lowest BCUT2D eigenvalue weighted by molar-refractivity contribution is -0.135. The minimum atomic E-state index is -1.07. The minimum Gasteiger partial charge on any atom is -0.478 e. The van der Waals surface area contributed by atoms with Crippen molar-refractivity contribution >= 4 is 5.97 Å². The Morgan fingerprint density at radius 3 is 2.23 bits per heavy atom. The van der Waals surface area contributed by atoms with E-state index >= 15 is 0 Å². The topological polar surface area (TPSA) is 57.5 Å². The van der Waals surface area contributed by atoms with Crippen LogP contribution in [0, 0.1) is 0 Å². The van der Waals surface area contributed by atoms with Crippen molar-refractivity contribution < 1.29 is 15.0 Å². The number of hydrogen-bond acceptors (Lipinski definition) is 2. The number of carboxylic acid groups (broad SMARTS) is 1. The van der Waals surface area contributed by atoms with Gasteiger partial charge in [-0.3, -0.25) is 0 Å². The zero-order valence-corrected chi connectivity index (χ0v) is 7.92. The van der Waals surface area contributed by atoms with E-state index in [4.69, 9.17) is 5.11 Å². The molecule has 0 spiro atoms. The van der Waals surface area contributed by atoms with Gasteiger partial charge in [0.25, 0.3) is 0 Å². The Balaban J connectivity index is 2.82. The van der Waals surface area contributed by atoms with E-state index in [0.717, 1.165) is 19.3 Å². The third-order valence-corrected chi connectivity index (χ3v) is 2.70. The molecule has 1 rings (SSSR count). The smallest absolute Gasteiger partial charge is 0.334 e.